The second kappa shape index (κ2) is 9.17. The van der Waals surface area contributed by atoms with E-state index in [1.54, 1.807) is 11.8 Å². The number of ether oxygens (including phenoxy) is 1. The van der Waals surface area contributed by atoms with E-state index in [1.807, 2.05) is 36.4 Å². The van der Waals surface area contributed by atoms with E-state index >= 15 is 0 Å². The third kappa shape index (κ3) is 4.57. The molecule has 1 saturated heterocycles. The summed E-state index contributed by atoms with van der Waals surface area (Å²) in [6.07, 6.45) is 9.08. The van der Waals surface area contributed by atoms with Crippen LogP contribution in [0.5, 0.6) is 0 Å². The van der Waals surface area contributed by atoms with Crippen LogP contribution in [0.25, 0.3) is 0 Å². The summed E-state index contributed by atoms with van der Waals surface area (Å²) in [7, 11) is 0. The van der Waals surface area contributed by atoms with Gasteiger partial charge >= 0.3 is 0 Å². The van der Waals surface area contributed by atoms with Gasteiger partial charge in [-0.2, -0.15) is 0 Å². The molecule has 2 aromatic rings. The quantitative estimate of drug-likeness (QED) is 0.555. The average molecular weight is 389 g/mol. The van der Waals surface area contributed by atoms with E-state index in [1.165, 1.54) is 22.6 Å². The van der Waals surface area contributed by atoms with E-state index < -0.39 is 0 Å². The molecule has 1 fully saturated rings. The Bertz CT molecular complexity index is 710. The third-order valence-corrected chi connectivity index (χ3v) is 7.05. The van der Waals surface area contributed by atoms with E-state index in [0.29, 0.717) is 5.25 Å². The summed E-state index contributed by atoms with van der Waals surface area (Å²) < 4.78 is 5.43. The van der Waals surface area contributed by atoms with Crippen molar-refractivity contribution in [2.24, 2.45) is 0 Å². The second-order valence-corrected chi connectivity index (χ2v) is 8.81. The molecule has 0 bridgehead atoms. The van der Waals surface area contributed by atoms with Gasteiger partial charge in [-0.1, -0.05) is 11.8 Å². The van der Waals surface area contributed by atoms with Crippen LogP contribution in [0.4, 0.5) is 0 Å². The number of morpholine rings is 1. The van der Waals surface area contributed by atoms with Gasteiger partial charge in [-0.15, -0.1) is 11.8 Å². The predicted molar refractivity (Wildman–Crippen MR) is 106 cm³/mol. The number of hydrogen-bond donors (Lipinski definition) is 0. The molecule has 7 heteroatoms. The average Bonchev–Trinajstić information content (AvgIpc) is 2.70. The zero-order valence-corrected chi connectivity index (χ0v) is 16.5. The number of thioether (sulfide) groups is 2. The van der Waals surface area contributed by atoms with Crippen molar-refractivity contribution in [3.63, 3.8) is 0 Å². The van der Waals surface area contributed by atoms with Gasteiger partial charge in [0.1, 0.15) is 0 Å². The first-order valence-electron chi connectivity index (χ1n) is 9.24. The Kier molecular flexibility index (Phi) is 6.43. The number of nitrogens with zero attached hydrogens (tertiary/aromatic N) is 4. The molecule has 26 heavy (non-hydrogen) atoms. The number of pyridine rings is 1. The highest BCUT2D eigenvalue weighted by atomic mass is 32.2. The van der Waals surface area contributed by atoms with Crippen LogP contribution in [-0.4, -0.2) is 58.5 Å². The van der Waals surface area contributed by atoms with Crippen molar-refractivity contribution >= 4 is 23.5 Å². The van der Waals surface area contributed by atoms with Crippen LogP contribution in [0.15, 0.2) is 40.8 Å². The lowest BCUT2D eigenvalue weighted by atomic mass is 9.96. The molecule has 4 rings (SSSR count). The molecule has 1 atom stereocenters. The van der Waals surface area contributed by atoms with E-state index in [0.717, 1.165) is 56.6 Å². The normalized spacial score (nSPS) is 20.7. The zero-order valence-electron chi connectivity index (χ0n) is 14.8. The lowest BCUT2D eigenvalue weighted by Gasteiger charge is -2.27. The first-order valence-corrected chi connectivity index (χ1v) is 11.1. The summed E-state index contributed by atoms with van der Waals surface area (Å²) in [5, 5.41) is 1.21. The zero-order chi connectivity index (χ0) is 17.6. The number of rotatable bonds is 6. The van der Waals surface area contributed by atoms with Crippen molar-refractivity contribution in [3.8, 4) is 0 Å². The molecule has 1 aliphatic carbocycles. The largest absolute Gasteiger partial charge is 0.379 e. The van der Waals surface area contributed by atoms with Crippen LogP contribution in [0, 0.1) is 0 Å². The molecular weight excluding hydrogens is 364 g/mol. The summed E-state index contributed by atoms with van der Waals surface area (Å²) in [4.78, 5) is 17.4. The Labute approximate surface area is 163 Å². The molecule has 3 heterocycles. The van der Waals surface area contributed by atoms with Crippen molar-refractivity contribution in [2.45, 2.75) is 34.6 Å². The fourth-order valence-electron chi connectivity index (χ4n) is 3.45. The fraction of sp³-hybridized carbons (Fsp3) is 0.526. The van der Waals surface area contributed by atoms with Gasteiger partial charge < -0.3 is 4.74 Å². The monoisotopic (exact) mass is 388 g/mol. The van der Waals surface area contributed by atoms with Crippen molar-refractivity contribution in [1.82, 2.24) is 19.9 Å². The highest BCUT2D eigenvalue weighted by Crippen LogP contribution is 2.43. The summed E-state index contributed by atoms with van der Waals surface area (Å²) in [5.41, 5.74) is 2.68. The van der Waals surface area contributed by atoms with Crippen LogP contribution in [0.1, 0.15) is 29.3 Å². The van der Waals surface area contributed by atoms with Crippen LogP contribution in [0.3, 0.4) is 0 Å². The van der Waals surface area contributed by atoms with E-state index in [4.69, 9.17) is 9.72 Å². The molecule has 1 unspecified atom stereocenters. The van der Waals surface area contributed by atoms with Gasteiger partial charge in [0, 0.05) is 48.9 Å². The highest BCUT2D eigenvalue weighted by Gasteiger charge is 2.25. The van der Waals surface area contributed by atoms with Crippen molar-refractivity contribution in [2.75, 3.05) is 38.6 Å². The molecule has 0 radical (unpaired) electrons. The smallest absolute Gasteiger partial charge is 0.188 e. The van der Waals surface area contributed by atoms with Gasteiger partial charge in [0.05, 0.1) is 24.2 Å². The Morgan fingerprint density at radius 1 is 1.12 bits per heavy atom. The molecule has 2 aromatic heterocycles. The maximum atomic E-state index is 5.43. The number of fused-ring (bicyclic) bond motifs is 1. The van der Waals surface area contributed by atoms with Crippen LogP contribution in [-0.2, 0) is 11.2 Å². The van der Waals surface area contributed by atoms with Crippen molar-refractivity contribution in [1.29, 1.82) is 0 Å². The first kappa shape index (κ1) is 18.2. The Morgan fingerprint density at radius 3 is 2.81 bits per heavy atom. The molecular formula is C19H24N4OS2. The summed E-state index contributed by atoms with van der Waals surface area (Å²) in [5.74, 6) is 1.12. The van der Waals surface area contributed by atoms with E-state index in [-0.39, 0.29) is 0 Å². The van der Waals surface area contributed by atoms with Gasteiger partial charge in [0.15, 0.2) is 5.16 Å². The van der Waals surface area contributed by atoms with Crippen molar-refractivity contribution < 1.29 is 4.74 Å². The minimum Gasteiger partial charge on any atom is -0.379 e. The van der Waals surface area contributed by atoms with Crippen LogP contribution < -0.4 is 0 Å². The van der Waals surface area contributed by atoms with Crippen LogP contribution in [0.2, 0.25) is 0 Å². The molecule has 5 nitrogen and oxygen atoms in total. The molecule has 2 aliphatic rings. The Hall–Kier alpha value is -1.15. The Morgan fingerprint density at radius 2 is 1.96 bits per heavy atom. The maximum Gasteiger partial charge on any atom is 0.188 e. The van der Waals surface area contributed by atoms with E-state index in [9.17, 15) is 0 Å². The lowest BCUT2D eigenvalue weighted by molar-refractivity contribution is 0.0410. The van der Waals surface area contributed by atoms with Gasteiger partial charge in [-0.05, 0) is 37.0 Å². The molecule has 0 N–H and O–H groups in total. The fourth-order valence-corrected chi connectivity index (χ4v) is 5.66. The molecule has 0 spiro atoms. The molecule has 0 saturated carbocycles. The lowest BCUT2D eigenvalue weighted by Crippen LogP contribution is -2.37. The number of aromatic nitrogens is 3. The van der Waals surface area contributed by atoms with Crippen LogP contribution >= 0.6 is 23.5 Å². The summed E-state index contributed by atoms with van der Waals surface area (Å²) in [6, 6.07) is 4.05. The topological polar surface area (TPSA) is 51.1 Å². The maximum absolute atomic E-state index is 5.43. The standard InChI is InChI=1S/C19H24N4OS2/c1-3-15-16(25-14-11-23-9-12-24-13-10-23)5-8-20-18(15)17(4-1)26-19-21-6-2-7-22-19/h2,5-8,17H,1,3-4,9-14H2. The summed E-state index contributed by atoms with van der Waals surface area (Å²) in [6.45, 7) is 4.99. The van der Waals surface area contributed by atoms with Gasteiger partial charge in [0.25, 0.3) is 0 Å². The minimum absolute atomic E-state index is 0.362. The minimum atomic E-state index is 0.362. The molecule has 0 aromatic carbocycles. The second-order valence-electron chi connectivity index (χ2n) is 6.51. The number of hydrogen-bond acceptors (Lipinski definition) is 7. The first-order chi connectivity index (χ1) is 12.9. The van der Waals surface area contributed by atoms with Crippen molar-refractivity contribution in [3.05, 3.63) is 42.0 Å². The van der Waals surface area contributed by atoms with Gasteiger partial charge in [0.2, 0.25) is 0 Å². The highest BCUT2D eigenvalue weighted by molar-refractivity contribution is 7.99. The molecule has 138 valence electrons. The van der Waals surface area contributed by atoms with Gasteiger partial charge in [-0.3, -0.25) is 9.88 Å². The van der Waals surface area contributed by atoms with Gasteiger partial charge in [-0.25, -0.2) is 9.97 Å². The Balaban J connectivity index is 1.42. The van der Waals surface area contributed by atoms with E-state index in [2.05, 4.69) is 20.9 Å². The predicted octanol–water partition coefficient (Wildman–Crippen LogP) is 3.47. The SMILES string of the molecule is c1cnc(SC2CCCc3c(SCCN4CCOCC4)ccnc32)nc1. The summed E-state index contributed by atoms with van der Waals surface area (Å²) >= 11 is 3.72. The molecule has 1 aliphatic heterocycles. The molecule has 0 amide bonds. The third-order valence-electron chi connectivity index (χ3n) is 4.80.